The monoisotopic (exact) mass is 283 g/mol. The Morgan fingerprint density at radius 3 is 2.24 bits per heavy atom. The van der Waals surface area contributed by atoms with Gasteiger partial charge in [-0.1, -0.05) is 53.3 Å². The first-order chi connectivity index (χ1) is 10.1. The van der Waals surface area contributed by atoms with Crippen molar-refractivity contribution >= 4 is 5.69 Å². The molecule has 0 bridgehead atoms. The second-order valence-corrected chi connectivity index (χ2v) is 5.19. The van der Waals surface area contributed by atoms with E-state index in [0.29, 0.717) is 0 Å². The van der Waals surface area contributed by atoms with Crippen molar-refractivity contribution in [3.63, 3.8) is 0 Å². The van der Waals surface area contributed by atoms with Crippen molar-refractivity contribution in [1.29, 1.82) is 0 Å². The number of hydrogen-bond acceptors (Lipinski definition) is 3. The lowest BCUT2D eigenvalue weighted by Crippen LogP contribution is -2.30. The molecular formula is C17H21N3O. The smallest absolute Gasteiger partial charge is 0.101 e. The molecule has 0 unspecified atom stereocenters. The normalized spacial score (nSPS) is 14.1. The molecule has 0 aliphatic carbocycles. The summed E-state index contributed by atoms with van der Waals surface area (Å²) in [5.41, 5.74) is 2.87. The van der Waals surface area contributed by atoms with Crippen LogP contribution in [0.5, 0.6) is 0 Å². The van der Waals surface area contributed by atoms with Gasteiger partial charge < -0.3 is 5.11 Å². The van der Waals surface area contributed by atoms with Crippen LogP contribution in [0.2, 0.25) is 0 Å². The van der Waals surface area contributed by atoms with Crippen molar-refractivity contribution in [2.45, 2.75) is 26.0 Å². The van der Waals surface area contributed by atoms with E-state index in [9.17, 15) is 5.11 Å². The van der Waals surface area contributed by atoms with Gasteiger partial charge in [0.1, 0.15) is 6.10 Å². The highest BCUT2D eigenvalue weighted by Gasteiger charge is 2.19. The summed E-state index contributed by atoms with van der Waals surface area (Å²) in [6.45, 7) is 3.96. The number of aliphatic hydroxyl groups is 1. The standard InChI is InChI=1S/C17H21N3O/c1-13-9-11-16(12-10-13)18-19-20(3)14(2)17(21)15-7-5-4-6-8-15/h4-12,14,17,21H,1-3H3/t14-,17+/m1/s1. The molecule has 4 heteroatoms. The number of likely N-dealkylation sites (N-methyl/N-ethyl adjacent to an activating group) is 1. The first-order valence-corrected chi connectivity index (χ1v) is 7.02. The van der Waals surface area contributed by atoms with Crippen LogP contribution in [0.1, 0.15) is 24.2 Å². The highest BCUT2D eigenvalue weighted by molar-refractivity contribution is 5.37. The fourth-order valence-corrected chi connectivity index (χ4v) is 1.95. The molecule has 110 valence electrons. The molecule has 4 nitrogen and oxygen atoms in total. The molecule has 0 aliphatic rings. The number of nitrogens with zero attached hydrogens (tertiary/aromatic N) is 3. The maximum atomic E-state index is 10.3. The Morgan fingerprint density at radius 2 is 1.62 bits per heavy atom. The topological polar surface area (TPSA) is 48.2 Å². The second-order valence-electron chi connectivity index (χ2n) is 5.19. The molecule has 0 fully saturated rings. The van der Waals surface area contributed by atoms with E-state index in [-0.39, 0.29) is 6.04 Å². The Bertz CT molecular complexity index is 581. The molecule has 1 N–H and O–H groups in total. The molecule has 0 radical (unpaired) electrons. The SMILES string of the molecule is Cc1ccc(N=NN(C)[C@H](C)[C@H](O)c2ccccc2)cc1. The van der Waals surface area contributed by atoms with Gasteiger partial charge in [-0.2, -0.15) is 0 Å². The van der Waals surface area contributed by atoms with E-state index in [1.165, 1.54) is 5.56 Å². The summed E-state index contributed by atoms with van der Waals surface area (Å²) in [7, 11) is 1.81. The number of aliphatic hydroxyl groups excluding tert-OH is 1. The maximum absolute atomic E-state index is 10.3. The molecule has 21 heavy (non-hydrogen) atoms. The number of aryl methyl sites for hydroxylation is 1. The molecule has 2 atom stereocenters. The first-order valence-electron chi connectivity index (χ1n) is 7.02. The molecule has 0 aromatic heterocycles. The van der Waals surface area contributed by atoms with Crippen molar-refractivity contribution in [1.82, 2.24) is 5.01 Å². The summed E-state index contributed by atoms with van der Waals surface area (Å²) in [6, 6.07) is 17.3. The molecule has 0 spiro atoms. The van der Waals surface area contributed by atoms with Crippen LogP contribution in [0, 0.1) is 6.92 Å². The van der Waals surface area contributed by atoms with Gasteiger partial charge in [0.05, 0.1) is 11.7 Å². The first kappa shape index (κ1) is 15.2. The van der Waals surface area contributed by atoms with Gasteiger partial charge in [-0.3, -0.25) is 5.01 Å². The van der Waals surface area contributed by atoms with Crippen molar-refractivity contribution in [3.05, 3.63) is 65.7 Å². The molecular weight excluding hydrogens is 262 g/mol. The Labute approximate surface area is 125 Å². The third kappa shape index (κ3) is 4.13. The van der Waals surface area contributed by atoms with Gasteiger partial charge in [0, 0.05) is 7.05 Å². The van der Waals surface area contributed by atoms with E-state index in [1.54, 1.807) is 5.01 Å². The lowest BCUT2D eigenvalue weighted by molar-refractivity contribution is 0.0701. The molecule has 0 saturated heterocycles. The van der Waals surface area contributed by atoms with Gasteiger partial charge in [0.25, 0.3) is 0 Å². The summed E-state index contributed by atoms with van der Waals surface area (Å²) < 4.78 is 0. The van der Waals surface area contributed by atoms with Gasteiger partial charge in [0.2, 0.25) is 0 Å². The zero-order chi connectivity index (χ0) is 15.2. The fourth-order valence-electron chi connectivity index (χ4n) is 1.95. The molecule has 0 amide bonds. The van der Waals surface area contributed by atoms with Crippen molar-refractivity contribution in [3.8, 4) is 0 Å². The summed E-state index contributed by atoms with van der Waals surface area (Å²) >= 11 is 0. The van der Waals surface area contributed by atoms with Crippen molar-refractivity contribution < 1.29 is 5.11 Å². The lowest BCUT2D eigenvalue weighted by Gasteiger charge is -2.25. The third-order valence-corrected chi connectivity index (χ3v) is 3.52. The summed E-state index contributed by atoms with van der Waals surface area (Å²) in [6.07, 6.45) is -0.604. The van der Waals surface area contributed by atoms with Crippen LogP contribution in [0.15, 0.2) is 64.9 Å². The van der Waals surface area contributed by atoms with Crippen molar-refractivity contribution in [2.24, 2.45) is 10.3 Å². The minimum Gasteiger partial charge on any atom is -0.386 e. The predicted octanol–water partition coefficient (Wildman–Crippen LogP) is 4.05. The summed E-state index contributed by atoms with van der Waals surface area (Å²) in [4.78, 5) is 0. The average molecular weight is 283 g/mol. The minimum atomic E-state index is -0.604. The highest BCUT2D eigenvalue weighted by Crippen LogP contribution is 2.21. The van der Waals surface area contributed by atoms with Crippen LogP contribution in [0.4, 0.5) is 5.69 Å². The minimum absolute atomic E-state index is 0.165. The van der Waals surface area contributed by atoms with Crippen molar-refractivity contribution in [2.75, 3.05) is 7.05 Å². The van der Waals surface area contributed by atoms with E-state index in [4.69, 9.17) is 0 Å². The van der Waals surface area contributed by atoms with E-state index in [1.807, 2.05) is 75.5 Å². The van der Waals surface area contributed by atoms with Crippen LogP contribution in [0.3, 0.4) is 0 Å². The zero-order valence-corrected chi connectivity index (χ0v) is 12.6. The number of hydrogen-bond donors (Lipinski definition) is 1. The fraction of sp³-hybridized carbons (Fsp3) is 0.294. The quantitative estimate of drug-likeness (QED) is 0.665. The third-order valence-electron chi connectivity index (χ3n) is 3.52. The summed E-state index contributed by atoms with van der Waals surface area (Å²) in [5, 5.41) is 20.4. The Hall–Kier alpha value is -2.20. The molecule has 0 aliphatic heterocycles. The van der Waals surface area contributed by atoms with Crippen LogP contribution in [-0.2, 0) is 0 Å². The Morgan fingerprint density at radius 1 is 1.00 bits per heavy atom. The van der Waals surface area contributed by atoms with Gasteiger partial charge in [-0.25, -0.2) is 0 Å². The van der Waals surface area contributed by atoms with Crippen LogP contribution >= 0.6 is 0 Å². The van der Waals surface area contributed by atoms with Crippen LogP contribution in [0.25, 0.3) is 0 Å². The van der Waals surface area contributed by atoms with Crippen LogP contribution in [-0.4, -0.2) is 23.2 Å². The predicted molar refractivity (Wildman–Crippen MR) is 84.3 cm³/mol. The number of benzene rings is 2. The second kappa shape index (κ2) is 6.99. The highest BCUT2D eigenvalue weighted by atomic mass is 16.3. The van der Waals surface area contributed by atoms with Crippen LogP contribution < -0.4 is 0 Å². The summed E-state index contributed by atoms with van der Waals surface area (Å²) in [5.74, 6) is 0. The molecule has 2 aromatic carbocycles. The molecule has 0 heterocycles. The van der Waals surface area contributed by atoms with E-state index >= 15 is 0 Å². The molecule has 2 aromatic rings. The maximum Gasteiger partial charge on any atom is 0.101 e. The van der Waals surface area contributed by atoms with E-state index < -0.39 is 6.10 Å². The Balaban J connectivity index is 2.02. The average Bonchev–Trinajstić information content (AvgIpc) is 2.53. The van der Waals surface area contributed by atoms with Gasteiger partial charge in [-0.05, 0) is 31.5 Å². The lowest BCUT2D eigenvalue weighted by atomic mass is 10.0. The van der Waals surface area contributed by atoms with E-state index in [2.05, 4.69) is 10.3 Å². The molecule has 2 rings (SSSR count). The Kier molecular flexibility index (Phi) is 5.06. The zero-order valence-electron chi connectivity index (χ0n) is 12.6. The van der Waals surface area contributed by atoms with Gasteiger partial charge >= 0.3 is 0 Å². The largest absolute Gasteiger partial charge is 0.386 e. The van der Waals surface area contributed by atoms with E-state index in [0.717, 1.165) is 11.3 Å². The van der Waals surface area contributed by atoms with Gasteiger partial charge in [0.15, 0.2) is 0 Å². The molecule has 0 saturated carbocycles. The van der Waals surface area contributed by atoms with Gasteiger partial charge in [-0.15, -0.1) is 5.11 Å². The number of rotatable bonds is 5.